The molecule has 0 fully saturated rings. The van der Waals surface area contributed by atoms with Crippen molar-refractivity contribution in [1.29, 1.82) is 0 Å². The van der Waals surface area contributed by atoms with Crippen molar-refractivity contribution in [3.8, 4) is 0 Å². The van der Waals surface area contributed by atoms with Crippen LogP contribution in [0.2, 0.25) is 0 Å². The number of aliphatic hydroxyl groups is 1. The predicted molar refractivity (Wildman–Crippen MR) is 95.6 cm³/mol. The van der Waals surface area contributed by atoms with E-state index in [1.165, 1.54) is 51.4 Å². The molecule has 0 amide bonds. The summed E-state index contributed by atoms with van der Waals surface area (Å²) in [7, 11) is 0. The highest BCUT2D eigenvalue weighted by atomic mass is 16.2. The smallest absolute Gasteiger partial charge is 0.0791 e. The molecular formula is C20H32O. The van der Waals surface area contributed by atoms with E-state index in [1.54, 1.807) is 12.2 Å². The molecule has 0 aromatic carbocycles. The van der Waals surface area contributed by atoms with Gasteiger partial charge in [0.2, 0.25) is 0 Å². The minimum absolute atomic E-state index is 0.977. The monoisotopic (exact) mass is 288 g/mol. The molecule has 0 aliphatic heterocycles. The van der Waals surface area contributed by atoms with Crippen molar-refractivity contribution in [3.63, 3.8) is 0 Å². The van der Waals surface area contributed by atoms with Crippen LogP contribution in [0.5, 0.6) is 0 Å². The van der Waals surface area contributed by atoms with Gasteiger partial charge in [-0.25, -0.2) is 0 Å². The molecule has 1 nitrogen and oxygen atoms in total. The molecule has 0 atom stereocenters. The van der Waals surface area contributed by atoms with Crippen molar-refractivity contribution in [3.05, 3.63) is 60.9 Å². The number of hydrogen-bond acceptors (Lipinski definition) is 1. The second-order valence-electron chi connectivity index (χ2n) is 5.11. The van der Waals surface area contributed by atoms with Crippen molar-refractivity contribution in [1.82, 2.24) is 0 Å². The van der Waals surface area contributed by atoms with E-state index in [1.807, 2.05) is 12.2 Å². The molecule has 0 aromatic rings. The average molecular weight is 288 g/mol. The number of allylic oxidation sites excluding steroid dienone is 9. The summed E-state index contributed by atoms with van der Waals surface area (Å²) in [5, 5.41) is 8.42. The van der Waals surface area contributed by atoms with Gasteiger partial charge in [0.05, 0.1) is 6.26 Å². The molecule has 1 heteroatoms. The van der Waals surface area contributed by atoms with E-state index in [4.69, 9.17) is 5.11 Å². The summed E-state index contributed by atoms with van der Waals surface area (Å²) in [5.74, 6) is 0. The third-order valence-electron chi connectivity index (χ3n) is 3.13. The second-order valence-corrected chi connectivity index (χ2v) is 5.11. The molecule has 0 aliphatic carbocycles. The first-order valence-corrected chi connectivity index (χ1v) is 8.34. The summed E-state index contributed by atoms with van der Waals surface area (Å²) < 4.78 is 0. The minimum Gasteiger partial charge on any atom is -0.516 e. The summed E-state index contributed by atoms with van der Waals surface area (Å²) in [5.41, 5.74) is 0. The molecular weight excluding hydrogens is 256 g/mol. The topological polar surface area (TPSA) is 20.2 Å². The highest BCUT2D eigenvalue weighted by Crippen LogP contribution is 2.04. The van der Waals surface area contributed by atoms with Crippen LogP contribution in [0.1, 0.15) is 64.7 Å². The highest BCUT2D eigenvalue weighted by Gasteiger charge is 1.84. The molecule has 0 saturated heterocycles. The fraction of sp³-hybridized carbons (Fsp3) is 0.500. The summed E-state index contributed by atoms with van der Waals surface area (Å²) in [6, 6.07) is 0. The lowest BCUT2D eigenvalue weighted by Gasteiger charge is -1.94. The first-order chi connectivity index (χ1) is 10.4. The zero-order chi connectivity index (χ0) is 15.4. The Labute approximate surface area is 131 Å². The van der Waals surface area contributed by atoms with Gasteiger partial charge in [-0.05, 0) is 51.0 Å². The standard InChI is InChI=1S/C20H32O/c1-2-3-4-5-6-7-8-9-10-11-12-13-14-15-16-17-18-19-20-21/h6-7,12-13,15-21H,2-5,8-11,14H2,1H3. The van der Waals surface area contributed by atoms with Gasteiger partial charge in [-0.1, -0.05) is 68.4 Å². The Bertz CT molecular complexity index is 332. The number of unbranched alkanes of at least 4 members (excludes halogenated alkanes) is 6. The molecule has 0 rings (SSSR count). The van der Waals surface area contributed by atoms with Gasteiger partial charge in [0, 0.05) is 0 Å². The van der Waals surface area contributed by atoms with Crippen LogP contribution in [0.25, 0.3) is 0 Å². The van der Waals surface area contributed by atoms with Gasteiger partial charge in [-0.2, -0.15) is 0 Å². The molecule has 0 spiro atoms. The maximum atomic E-state index is 8.42. The molecule has 21 heavy (non-hydrogen) atoms. The summed E-state index contributed by atoms with van der Waals surface area (Å²) in [4.78, 5) is 0. The second kappa shape index (κ2) is 18.5. The third kappa shape index (κ3) is 18.5. The van der Waals surface area contributed by atoms with Crippen LogP contribution in [0.4, 0.5) is 0 Å². The van der Waals surface area contributed by atoms with Gasteiger partial charge in [-0.15, -0.1) is 0 Å². The van der Waals surface area contributed by atoms with Crippen LogP contribution >= 0.6 is 0 Å². The molecule has 0 radical (unpaired) electrons. The Hall–Kier alpha value is -1.50. The lowest BCUT2D eigenvalue weighted by atomic mass is 10.1. The quantitative estimate of drug-likeness (QED) is 0.171. The van der Waals surface area contributed by atoms with E-state index in [0.717, 1.165) is 12.7 Å². The van der Waals surface area contributed by atoms with Crippen LogP contribution in [0.15, 0.2) is 60.9 Å². The fourth-order valence-electron chi connectivity index (χ4n) is 1.90. The van der Waals surface area contributed by atoms with E-state index < -0.39 is 0 Å². The van der Waals surface area contributed by atoms with Crippen molar-refractivity contribution in [2.45, 2.75) is 64.7 Å². The Balaban J connectivity index is 3.32. The van der Waals surface area contributed by atoms with E-state index in [2.05, 4.69) is 37.3 Å². The van der Waals surface area contributed by atoms with Crippen LogP contribution in [-0.2, 0) is 0 Å². The van der Waals surface area contributed by atoms with Crippen molar-refractivity contribution in [2.24, 2.45) is 0 Å². The largest absolute Gasteiger partial charge is 0.516 e. The zero-order valence-corrected chi connectivity index (χ0v) is 13.6. The first kappa shape index (κ1) is 19.5. The minimum atomic E-state index is 0.977. The van der Waals surface area contributed by atoms with Crippen molar-refractivity contribution in [2.75, 3.05) is 0 Å². The summed E-state index contributed by atoms with van der Waals surface area (Å²) >= 11 is 0. The SMILES string of the molecule is CCCCCC=CCCCCC=CCC=CC=CC=CO. The summed E-state index contributed by atoms with van der Waals surface area (Å²) in [6.45, 7) is 2.25. The normalized spacial score (nSPS) is 13.0. The lowest BCUT2D eigenvalue weighted by molar-refractivity contribution is 0.474. The van der Waals surface area contributed by atoms with Crippen LogP contribution in [-0.4, -0.2) is 5.11 Å². The van der Waals surface area contributed by atoms with Crippen LogP contribution < -0.4 is 0 Å². The average Bonchev–Trinajstić information content (AvgIpc) is 2.50. The number of rotatable bonds is 13. The third-order valence-corrected chi connectivity index (χ3v) is 3.13. The molecule has 0 aromatic heterocycles. The zero-order valence-electron chi connectivity index (χ0n) is 13.6. The maximum absolute atomic E-state index is 8.42. The Morgan fingerprint density at radius 2 is 1.19 bits per heavy atom. The molecule has 0 heterocycles. The lowest BCUT2D eigenvalue weighted by Crippen LogP contribution is -1.74. The van der Waals surface area contributed by atoms with Gasteiger partial charge in [0.1, 0.15) is 0 Å². The fourth-order valence-corrected chi connectivity index (χ4v) is 1.90. The van der Waals surface area contributed by atoms with Gasteiger partial charge in [-0.3, -0.25) is 0 Å². The van der Waals surface area contributed by atoms with Gasteiger partial charge in [0.25, 0.3) is 0 Å². The molecule has 0 unspecified atom stereocenters. The van der Waals surface area contributed by atoms with Gasteiger partial charge in [0.15, 0.2) is 0 Å². The Morgan fingerprint density at radius 3 is 1.81 bits per heavy atom. The maximum Gasteiger partial charge on any atom is 0.0791 e. The summed E-state index contributed by atoms with van der Waals surface area (Å²) in [6.07, 6.45) is 30.8. The van der Waals surface area contributed by atoms with Crippen molar-refractivity contribution < 1.29 is 5.11 Å². The number of hydrogen-bond donors (Lipinski definition) is 1. The number of aliphatic hydroxyl groups excluding tert-OH is 1. The molecule has 0 saturated carbocycles. The predicted octanol–water partition coefficient (Wildman–Crippen LogP) is 6.81. The molecule has 0 bridgehead atoms. The van der Waals surface area contributed by atoms with E-state index in [0.29, 0.717) is 0 Å². The molecule has 1 N–H and O–H groups in total. The van der Waals surface area contributed by atoms with Crippen LogP contribution in [0, 0.1) is 0 Å². The van der Waals surface area contributed by atoms with Crippen molar-refractivity contribution >= 4 is 0 Å². The molecule has 118 valence electrons. The van der Waals surface area contributed by atoms with Gasteiger partial charge < -0.3 is 5.11 Å². The van der Waals surface area contributed by atoms with Crippen LogP contribution in [0.3, 0.4) is 0 Å². The molecule has 0 aliphatic rings. The Kier molecular flexibility index (Phi) is 17.2. The van der Waals surface area contributed by atoms with Gasteiger partial charge >= 0.3 is 0 Å². The van der Waals surface area contributed by atoms with E-state index in [-0.39, 0.29) is 0 Å². The van der Waals surface area contributed by atoms with E-state index >= 15 is 0 Å². The van der Waals surface area contributed by atoms with E-state index in [9.17, 15) is 0 Å². The Morgan fingerprint density at radius 1 is 0.619 bits per heavy atom. The highest BCUT2D eigenvalue weighted by molar-refractivity contribution is 5.10. The first-order valence-electron chi connectivity index (χ1n) is 8.34.